The van der Waals surface area contributed by atoms with Crippen LogP contribution in [0.15, 0.2) is 18.2 Å². The molecule has 2 unspecified atom stereocenters. The minimum atomic E-state index is -0.970. The first-order valence-corrected chi connectivity index (χ1v) is 7.22. The molecule has 4 nitrogen and oxygen atoms in total. The minimum Gasteiger partial charge on any atom is -0.327 e. The molecule has 1 aliphatic rings. The normalized spacial score (nSPS) is 23.0. The Balaban J connectivity index is 1.88. The topological polar surface area (TPSA) is 58.4 Å². The van der Waals surface area contributed by atoms with Crippen molar-refractivity contribution in [1.82, 2.24) is 4.90 Å². The third-order valence-electron chi connectivity index (χ3n) is 3.97. The van der Waals surface area contributed by atoms with Gasteiger partial charge < -0.3 is 11.1 Å². The molecule has 1 aliphatic heterocycles. The zero-order valence-electron chi connectivity index (χ0n) is 12.1. The highest BCUT2D eigenvalue weighted by Gasteiger charge is 2.26. The summed E-state index contributed by atoms with van der Waals surface area (Å²) in [4.78, 5) is 14.0. The number of hydrogen-bond donors (Lipinski definition) is 2. The molecule has 0 bridgehead atoms. The molecule has 1 heterocycles. The summed E-state index contributed by atoms with van der Waals surface area (Å²) in [7, 11) is 0. The van der Waals surface area contributed by atoms with E-state index in [9.17, 15) is 13.6 Å². The van der Waals surface area contributed by atoms with Gasteiger partial charge in [0.15, 0.2) is 11.6 Å². The predicted octanol–water partition coefficient (Wildman–Crippen LogP) is 1.96. The number of carbonyl (C=O) groups is 1. The van der Waals surface area contributed by atoms with Crippen molar-refractivity contribution in [3.63, 3.8) is 0 Å². The molecule has 0 saturated carbocycles. The van der Waals surface area contributed by atoms with E-state index in [0.717, 1.165) is 38.1 Å². The van der Waals surface area contributed by atoms with Crippen LogP contribution in [0.5, 0.6) is 0 Å². The third kappa shape index (κ3) is 4.22. The van der Waals surface area contributed by atoms with E-state index in [-0.39, 0.29) is 24.2 Å². The van der Waals surface area contributed by atoms with Crippen LogP contribution in [0.3, 0.4) is 0 Å². The summed E-state index contributed by atoms with van der Waals surface area (Å²) in [6.45, 7) is 3.91. The first kappa shape index (κ1) is 15.9. The second kappa shape index (κ2) is 6.95. The number of piperidine rings is 1. The van der Waals surface area contributed by atoms with Crippen LogP contribution < -0.4 is 11.1 Å². The zero-order valence-corrected chi connectivity index (χ0v) is 12.1. The quantitative estimate of drug-likeness (QED) is 0.893. The molecule has 1 aromatic rings. The summed E-state index contributed by atoms with van der Waals surface area (Å²) in [5.74, 6) is -1.73. The van der Waals surface area contributed by atoms with Gasteiger partial charge in [-0.05, 0) is 24.5 Å². The van der Waals surface area contributed by atoms with Crippen LogP contribution in [0, 0.1) is 17.6 Å². The molecule has 116 valence electrons. The summed E-state index contributed by atoms with van der Waals surface area (Å²) in [5, 5.41) is 2.58. The van der Waals surface area contributed by atoms with Gasteiger partial charge >= 0.3 is 0 Å². The lowest BCUT2D eigenvalue weighted by Crippen LogP contribution is -2.48. The number of hydrogen-bond acceptors (Lipinski definition) is 3. The Morgan fingerprint density at radius 2 is 2.19 bits per heavy atom. The second-order valence-corrected chi connectivity index (χ2v) is 5.53. The smallest absolute Gasteiger partial charge is 0.238 e. The highest BCUT2D eigenvalue weighted by Crippen LogP contribution is 2.18. The fourth-order valence-corrected chi connectivity index (χ4v) is 2.68. The van der Waals surface area contributed by atoms with E-state index < -0.39 is 11.6 Å². The minimum absolute atomic E-state index is 0.195. The van der Waals surface area contributed by atoms with Gasteiger partial charge in [0.2, 0.25) is 5.91 Å². The van der Waals surface area contributed by atoms with Gasteiger partial charge in [-0.15, -0.1) is 0 Å². The van der Waals surface area contributed by atoms with E-state index >= 15 is 0 Å². The van der Waals surface area contributed by atoms with Gasteiger partial charge in [-0.1, -0.05) is 13.3 Å². The monoisotopic (exact) mass is 297 g/mol. The lowest BCUT2D eigenvalue weighted by atomic mass is 9.91. The summed E-state index contributed by atoms with van der Waals surface area (Å²) < 4.78 is 25.9. The highest BCUT2D eigenvalue weighted by molar-refractivity contribution is 5.92. The zero-order chi connectivity index (χ0) is 15.4. The Labute approximate surface area is 123 Å². The first-order chi connectivity index (χ1) is 9.99. The van der Waals surface area contributed by atoms with Gasteiger partial charge in [-0.25, -0.2) is 8.78 Å². The van der Waals surface area contributed by atoms with Gasteiger partial charge in [-0.2, -0.15) is 0 Å². The van der Waals surface area contributed by atoms with Crippen LogP contribution in [0.1, 0.15) is 19.8 Å². The van der Waals surface area contributed by atoms with Crippen LogP contribution in [-0.2, 0) is 4.79 Å². The van der Waals surface area contributed by atoms with Crippen molar-refractivity contribution in [3.05, 3.63) is 29.8 Å². The summed E-state index contributed by atoms with van der Waals surface area (Å²) in [6.07, 6.45) is 1.86. The van der Waals surface area contributed by atoms with Crippen molar-refractivity contribution >= 4 is 11.6 Å². The number of nitrogens with zero attached hydrogens (tertiary/aromatic N) is 1. The van der Waals surface area contributed by atoms with Crippen LogP contribution in [0.2, 0.25) is 0 Å². The van der Waals surface area contributed by atoms with Crippen molar-refractivity contribution in [2.75, 3.05) is 25.0 Å². The molecular weight excluding hydrogens is 276 g/mol. The molecule has 0 spiro atoms. The molecule has 2 atom stereocenters. The number of nitrogens with one attached hydrogen (secondary N) is 1. The SMILES string of the molecule is CCC1CN(CC(=O)Nc2ccc(F)c(F)c2)CCC1N. The van der Waals surface area contributed by atoms with Gasteiger partial charge in [0.25, 0.3) is 0 Å². The molecule has 6 heteroatoms. The molecule has 0 aromatic heterocycles. The largest absolute Gasteiger partial charge is 0.327 e. The van der Waals surface area contributed by atoms with Crippen LogP contribution in [-0.4, -0.2) is 36.5 Å². The van der Waals surface area contributed by atoms with Crippen LogP contribution >= 0.6 is 0 Å². The van der Waals surface area contributed by atoms with Crippen molar-refractivity contribution in [1.29, 1.82) is 0 Å². The maximum absolute atomic E-state index is 13.1. The van der Waals surface area contributed by atoms with Crippen molar-refractivity contribution in [2.24, 2.45) is 11.7 Å². The molecule has 1 amide bonds. The van der Waals surface area contributed by atoms with Crippen LogP contribution in [0.25, 0.3) is 0 Å². The van der Waals surface area contributed by atoms with Gasteiger partial charge in [0, 0.05) is 30.9 Å². The number of halogens is 2. The van der Waals surface area contributed by atoms with Gasteiger partial charge in [0.05, 0.1) is 6.54 Å². The van der Waals surface area contributed by atoms with Crippen molar-refractivity contribution < 1.29 is 13.6 Å². The second-order valence-electron chi connectivity index (χ2n) is 5.53. The van der Waals surface area contributed by atoms with E-state index in [1.54, 1.807) is 0 Å². The molecule has 1 saturated heterocycles. The number of benzene rings is 1. The summed E-state index contributed by atoms with van der Waals surface area (Å²) in [6, 6.07) is 3.52. The Hall–Kier alpha value is -1.53. The predicted molar refractivity (Wildman–Crippen MR) is 77.8 cm³/mol. The third-order valence-corrected chi connectivity index (χ3v) is 3.97. The average Bonchev–Trinajstić information content (AvgIpc) is 2.45. The number of amides is 1. The van der Waals surface area contributed by atoms with Crippen LogP contribution in [0.4, 0.5) is 14.5 Å². The summed E-state index contributed by atoms with van der Waals surface area (Å²) in [5.41, 5.74) is 6.30. The first-order valence-electron chi connectivity index (χ1n) is 7.22. The fraction of sp³-hybridized carbons (Fsp3) is 0.533. The van der Waals surface area contributed by atoms with Gasteiger partial charge in [-0.3, -0.25) is 9.69 Å². The Kier molecular flexibility index (Phi) is 5.25. The number of nitrogens with two attached hydrogens (primary N) is 1. The van der Waals surface area contributed by atoms with E-state index in [4.69, 9.17) is 5.73 Å². The standard InChI is InChI=1S/C15H21F2N3O/c1-2-10-8-20(6-5-14(10)18)9-15(21)19-11-3-4-12(16)13(17)7-11/h3-4,7,10,14H,2,5-6,8-9,18H2,1H3,(H,19,21). The maximum Gasteiger partial charge on any atom is 0.238 e. The molecule has 3 N–H and O–H groups in total. The van der Waals surface area contributed by atoms with E-state index in [2.05, 4.69) is 12.2 Å². The lowest BCUT2D eigenvalue weighted by molar-refractivity contribution is -0.117. The van der Waals surface area contributed by atoms with Crippen molar-refractivity contribution in [3.8, 4) is 0 Å². The Morgan fingerprint density at radius 3 is 2.86 bits per heavy atom. The Morgan fingerprint density at radius 1 is 1.43 bits per heavy atom. The fourth-order valence-electron chi connectivity index (χ4n) is 2.68. The molecule has 2 rings (SSSR count). The molecule has 21 heavy (non-hydrogen) atoms. The molecule has 1 fully saturated rings. The van der Waals surface area contributed by atoms with E-state index in [1.165, 1.54) is 6.07 Å². The molecule has 0 aliphatic carbocycles. The number of likely N-dealkylation sites (tertiary alicyclic amines) is 1. The van der Waals surface area contributed by atoms with Gasteiger partial charge in [0.1, 0.15) is 0 Å². The maximum atomic E-state index is 13.1. The molecular formula is C15H21F2N3O. The Bertz CT molecular complexity index is 510. The summed E-state index contributed by atoms with van der Waals surface area (Å²) >= 11 is 0. The van der Waals surface area contributed by atoms with E-state index in [1.807, 2.05) is 4.90 Å². The van der Waals surface area contributed by atoms with E-state index in [0.29, 0.717) is 5.92 Å². The molecule has 0 radical (unpaired) electrons. The lowest BCUT2D eigenvalue weighted by Gasteiger charge is -2.36. The van der Waals surface area contributed by atoms with Crippen molar-refractivity contribution in [2.45, 2.75) is 25.8 Å². The molecule has 1 aromatic carbocycles. The highest BCUT2D eigenvalue weighted by atomic mass is 19.2. The number of carbonyl (C=O) groups excluding carboxylic acids is 1. The number of anilines is 1. The number of rotatable bonds is 4. The average molecular weight is 297 g/mol.